The van der Waals surface area contributed by atoms with Gasteiger partial charge in [0.25, 0.3) is 0 Å². The minimum Gasteiger partial charge on any atom is -0.385 e. The second-order valence-corrected chi connectivity index (χ2v) is 4.16. The third-order valence-electron chi connectivity index (χ3n) is 2.51. The van der Waals surface area contributed by atoms with Crippen LogP contribution in [0.25, 0.3) is 0 Å². The van der Waals surface area contributed by atoms with Gasteiger partial charge in [0.05, 0.1) is 12.7 Å². The molecule has 1 atom stereocenters. The molecule has 0 spiro atoms. The molecule has 1 unspecified atom stereocenters. The van der Waals surface area contributed by atoms with Crippen LogP contribution in [0.2, 0.25) is 0 Å². The maximum Gasteiger partial charge on any atom is 0.0721 e. The number of hydrogen-bond acceptors (Lipinski definition) is 3. The molecule has 0 saturated heterocycles. The average molecular weight is 237 g/mol. The lowest BCUT2D eigenvalue weighted by molar-refractivity contribution is 0.0529. The summed E-state index contributed by atoms with van der Waals surface area (Å²) in [5, 5.41) is 3.35. The maximum atomic E-state index is 5.74. The van der Waals surface area contributed by atoms with E-state index in [-0.39, 0.29) is 6.10 Å². The maximum absolute atomic E-state index is 5.74. The van der Waals surface area contributed by atoms with Gasteiger partial charge in [-0.15, -0.1) is 0 Å². The highest BCUT2D eigenvalue weighted by Gasteiger charge is 2.01. The third kappa shape index (κ3) is 7.10. The molecule has 1 aromatic carbocycles. The standard InChI is InChI=1S/C14H23NO2/c1-13(11-15-9-6-10-16-2)17-12-14-7-4-3-5-8-14/h3-5,7-8,13,15H,6,9-12H2,1-2H3. The van der Waals surface area contributed by atoms with E-state index in [9.17, 15) is 0 Å². The van der Waals surface area contributed by atoms with E-state index in [1.165, 1.54) is 5.56 Å². The fraction of sp³-hybridized carbons (Fsp3) is 0.571. The van der Waals surface area contributed by atoms with Crippen LogP contribution in [0.4, 0.5) is 0 Å². The van der Waals surface area contributed by atoms with Crippen LogP contribution in [0.5, 0.6) is 0 Å². The number of rotatable bonds is 9. The van der Waals surface area contributed by atoms with Gasteiger partial charge in [-0.25, -0.2) is 0 Å². The smallest absolute Gasteiger partial charge is 0.0721 e. The molecule has 0 heterocycles. The zero-order valence-corrected chi connectivity index (χ0v) is 10.8. The van der Waals surface area contributed by atoms with Crippen LogP contribution in [0, 0.1) is 0 Å². The van der Waals surface area contributed by atoms with Crippen molar-refractivity contribution in [2.24, 2.45) is 0 Å². The first-order chi connectivity index (χ1) is 8.33. The molecular weight excluding hydrogens is 214 g/mol. The van der Waals surface area contributed by atoms with Gasteiger partial charge in [0, 0.05) is 20.3 Å². The molecule has 0 aliphatic rings. The van der Waals surface area contributed by atoms with Gasteiger partial charge in [0.1, 0.15) is 0 Å². The Bertz CT molecular complexity index is 277. The van der Waals surface area contributed by atoms with Crippen LogP contribution < -0.4 is 5.32 Å². The van der Waals surface area contributed by atoms with Crippen molar-refractivity contribution in [1.82, 2.24) is 5.32 Å². The van der Waals surface area contributed by atoms with Crippen molar-refractivity contribution in [2.45, 2.75) is 26.1 Å². The molecule has 1 N–H and O–H groups in total. The van der Waals surface area contributed by atoms with E-state index in [0.717, 1.165) is 26.1 Å². The summed E-state index contributed by atoms with van der Waals surface area (Å²) in [4.78, 5) is 0. The molecule has 3 heteroatoms. The number of ether oxygens (including phenoxy) is 2. The predicted octanol–water partition coefficient (Wildman–Crippen LogP) is 2.22. The summed E-state index contributed by atoms with van der Waals surface area (Å²) in [5.41, 5.74) is 1.22. The summed E-state index contributed by atoms with van der Waals surface area (Å²) in [6, 6.07) is 10.3. The van der Waals surface area contributed by atoms with E-state index < -0.39 is 0 Å². The second kappa shape index (κ2) is 9.16. The van der Waals surface area contributed by atoms with Crippen molar-refractivity contribution in [3.63, 3.8) is 0 Å². The Morgan fingerprint density at radius 2 is 2.00 bits per heavy atom. The topological polar surface area (TPSA) is 30.5 Å². The minimum atomic E-state index is 0.234. The zero-order valence-electron chi connectivity index (χ0n) is 10.8. The summed E-state index contributed by atoms with van der Waals surface area (Å²) < 4.78 is 10.7. The molecule has 0 aliphatic carbocycles. The van der Waals surface area contributed by atoms with Crippen LogP contribution in [-0.4, -0.2) is 32.9 Å². The van der Waals surface area contributed by atoms with Crippen LogP contribution in [-0.2, 0) is 16.1 Å². The monoisotopic (exact) mass is 237 g/mol. The first-order valence-corrected chi connectivity index (χ1v) is 6.18. The summed E-state index contributed by atoms with van der Waals surface area (Å²) in [6.45, 7) is 5.45. The Hall–Kier alpha value is -0.900. The number of methoxy groups -OCH3 is 1. The summed E-state index contributed by atoms with van der Waals surface area (Å²) in [6.07, 6.45) is 1.28. The second-order valence-electron chi connectivity index (χ2n) is 4.16. The SMILES string of the molecule is COCCCNCC(C)OCc1ccccc1. The quantitative estimate of drug-likeness (QED) is 0.668. The Balaban J connectivity index is 2.03. The van der Waals surface area contributed by atoms with Crippen LogP contribution in [0.15, 0.2) is 30.3 Å². The van der Waals surface area contributed by atoms with Crippen molar-refractivity contribution in [2.75, 3.05) is 26.8 Å². The highest BCUT2D eigenvalue weighted by atomic mass is 16.5. The summed E-state index contributed by atoms with van der Waals surface area (Å²) >= 11 is 0. The van der Waals surface area contributed by atoms with Crippen molar-refractivity contribution in [3.05, 3.63) is 35.9 Å². The largest absolute Gasteiger partial charge is 0.385 e. The van der Waals surface area contributed by atoms with Gasteiger partial charge in [-0.2, -0.15) is 0 Å². The fourth-order valence-electron chi connectivity index (χ4n) is 1.52. The minimum absolute atomic E-state index is 0.234. The predicted molar refractivity (Wildman–Crippen MR) is 70.1 cm³/mol. The van der Waals surface area contributed by atoms with E-state index in [1.807, 2.05) is 18.2 Å². The van der Waals surface area contributed by atoms with Gasteiger partial charge in [0.15, 0.2) is 0 Å². The molecule has 0 aliphatic heterocycles. The Kier molecular flexibility index (Phi) is 7.63. The lowest BCUT2D eigenvalue weighted by Crippen LogP contribution is -2.28. The van der Waals surface area contributed by atoms with Crippen molar-refractivity contribution >= 4 is 0 Å². The fourth-order valence-corrected chi connectivity index (χ4v) is 1.52. The highest BCUT2D eigenvalue weighted by Crippen LogP contribution is 2.02. The molecule has 0 aromatic heterocycles. The lowest BCUT2D eigenvalue weighted by atomic mass is 10.2. The number of benzene rings is 1. The molecule has 0 fully saturated rings. The third-order valence-corrected chi connectivity index (χ3v) is 2.51. The molecule has 0 saturated carbocycles. The van der Waals surface area contributed by atoms with Crippen molar-refractivity contribution in [1.29, 1.82) is 0 Å². The molecule has 96 valence electrons. The Morgan fingerprint density at radius 3 is 2.71 bits per heavy atom. The van der Waals surface area contributed by atoms with Crippen molar-refractivity contribution in [3.8, 4) is 0 Å². The van der Waals surface area contributed by atoms with E-state index in [2.05, 4.69) is 24.4 Å². The van der Waals surface area contributed by atoms with Crippen LogP contribution in [0.3, 0.4) is 0 Å². The number of hydrogen-bond donors (Lipinski definition) is 1. The molecule has 1 aromatic rings. The summed E-state index contributed by atoms with van der Waals surface area (Å²) in [7, 11) is 1.73. The van der Waals surface area contributed by atoms with E-state index >= 15 is 0 Å². The molecule has 0 bridgehead atoms. The van der Waals surface area contributed by atoms with Gasteiger partial charge in [-0.05, 0) is 25.5 Å². The Labute approximate surface area is 104 Å². The zero-order chi connectivity index (χ0) is 12.3. The van der Waals surface area contributed by atoms with Crippen LogP contribution >= 0.6 is 0 Å². The Morgan fingerprint density at radius 1 is 1.24 bits per heavy atom. The molecule has 0 amide bonds. The van der Waals surface area contributed by atoms with E-state index in [4.69, 9.17) is 9.47 Å². The molecule has 3 nitrogen and oxygen atoms in total. The van der Waals surface area contributed by atoms with Gasteiger partial charge >= 0.3 is 0 Å². The van der Waals surface area contributed by atoms with Gasteiger partial charge in [0.2, 0.25) is 0 Å². The van der Waals surface area contributed by atoms with E-state index in [1.54, 1.807) is 7.11 Å². The van der Waals surface area contributed by atoms with Gasteiger partial charge < -0.3 is 14.8 Å². The highest BCUT2D eigenvalue weighted by molar-refractivity contribution is 5.13. The normalized spacial score (nSPS) is 12.6. The first-order valence-electron chi connectivity index (χ1n) is 6.18. The molecule has 17 heavy (non-hydrogen) atoms. The molecular formula is C14H23NO2. The molecule has 0 radical (unpaired) electrons. The lowest BCUT2D eigenvalue weighted by Gasteiger charge is -2.14. The summed E-state index contributed by atoms with van der Waals surface area (Å²) in [5.74, 6) is 0. The molecule has 1 rings (SSSR count). The van der Waals surface area contributed by atoms with Gasteiger partial charge in [-0.3, -0.25) is 0 Å². The number of nitrogens with one attached hydrogen (secondary N) is 1. The van der Waals surface area contributed by atoms with Crippen LogP contribution in [0.1, 0.15) is 18.9 Å². The average Bonchev–Trinajstić information content (AvgIpc) is 2.37. The first kappa shape index (κ1) is 14.2. The van der Waals surface area contributed by atoms with E-state index in [0.29, 0.717) is 6.61 Å². The van der Waals surface area contributed by atoms with Gasteiger partial charge in [-0.1, -0.05) is 30.3 Å². The van der Waals surface area contributed by atoms with Crippen molar-refractivity contribution < 1.29 is 9.47 Å².